The Kier molecular flexibility index (Phi) is 2.82. The third-order valence-electron chi connectivity index (χ3n) is 2.13. The summed E-state index contributed by atoms with van der Waals surface area (Å²) in [5.41, 5.74) is 6.99. The molecule has 0 saturated heterocycles. The third kappa shape index (κ3) is 2.17. The Labute approximate surface area is 93.6 Å². The molecule has 4 nitrogen and oxygen atoms in total. The van der Waals surface area contributed by atoms with E-state index in [9.17, 15) is 0 Å². The molecule has 1 heterocycles. The van der Waals surface area contributed by atoms with Gasteiger partial charge in [0.05, 0.1) is 5.56 Å². The number of anilines is 2. The van der Waals surface area contributed by atoms with Crippen molar-refractivity contribution in [2.24, 2.45) is 5.73 Å². The lowest BCUT2D eigenvalue weighted by molar-refractivity contribution is 1.28. The first kappa shape index (κ1) is 10.2. The van der Waals surface area contributed by atoms with Crippen molar-refractivity contribution < 1.29 is 0 Å². The minimum Gasteiger partial charge on any atom is -0.384 e. The summed E-state index contributed by atoms with van der Waals surface area (Å²) in [5, 5.41) is 10.6. The molecule has 0 amide bonds. The monoisotopic (exact) mass is 212 g/mol. The van der Waals surface area contributed by atoms with Crippen LogP contribution in [0.5, 0.6) is 0 Å². The van der Waals surface area contributed by atoms with Gasteiger partial charge in [-0.3, -0.25) is 5.41 Å². The van der Waals surface area contributed by atoms with Crippen molar-refractivity contribution in [3.8, 4) is 0 Å². The molecule has 2 aromatic rings. The lowest BCUT2D eigenvalue weighted by Crippen LogP contribution is -2.14. The molecule has 0 aliphatic rings. The Morgan fingerprint density at radius 2 is 1.88 bits per heavy atom. The maximum absolute atomic E-state index is 7.44. The summed E-state index contributed by atoms with van der Waals surface area (Å²) in [6.07, 6.45) is 1.66. The molecule has 0 radical (unpaired) electrons. The van der Waals surface area contributed by atoms with Gasteiger partial charge in [0.1, 0.15) is 11.7 Å². The highest BCUT2D eigenvalue weighted by atomic mass is 15.0. The summed E-state index contributed by atoms with van der Waals surface area (Å²) in [6.45, 7) is 0. The van der Waals surface area contributed by atoms with E-state index in [1.807, 2.05) is 30.3 Å². The van der Waals surface area contributed by atoms with Gasteiger partial charge in [0.2, 0.25) is 0 Å². The van der Waals surface area contributed by atoms with Crippen LogP contribution < -0.4 is 11.1 Å². The molecule has 2 rings (SSSR count). The van der Waals surface area contributed by atoms with E-state index >= 15 is 0 Å². The van der Waals surface area contributed by atoms with Gasteiger partial charge in [-0.25, -0.2) is 4.98 Å². The number of nitrogens with two attached hydrogens (primary N) is 1. The summed E-state index contributed by atoms with van der Waals surface area (Å²) < 4.78 is 0. The van der Waals surface area contributed by atoms with Gasteiger partial charge in [-0.05, 0) is 24.3 Å². The number of nitrogens with zero attached hydrogens (tertiary/aromatic N) is 1. The first-order chi connectivity index (χ1) is 7.77. The van der Waals surface area contributed by atoms with Crippen LogP contribution in [0.25, 0.3) is 0 Å². The molecule has 4 heteroatoms. The highest BCUT2D eigenvalue weighted by Crippen LogP contribution is 2.17. The molecular weight excluding hydrogens is 200 g/mol. The number of amidine groups is 1. The summed E-state index contributed by atoms with van der Waals surface area (Å²) >= 11 is 0. The highest BCUT2D eigenvalue weighted by molar-refractivity contribution is 5.99. The largest absolute Gasteiger partial charge is 0.384 e. The second kappa shape index (κ2) is 4.44. The van der Waals surface area contributed by atoms with Gasteiger partial charge in [0, 0.05) is 11.9 Å². The minimum absolute atomic E-state index is 0.00605. The molecule has 0 aliphatic heterocycles. The van der Waals surface area contributed by atoms with Crippen molar-refractivity contribution in [1.82, 2.24) is 4.98 Å². The molecular formula is C12H12N4. The molecule has 0 unspecified atom stereocenters. The van der Waals surface area contributed by atoms with Crippen molar-refractivity contribution in [1.29, 1.82) is 5.41 Å². The molecule has 0 atom stereocenters. The fourth-order valence-electron chi connectivity index (χ4n) is 1.38. The van der Waals surface area contributed by atoms with Crippen LogP contribution in [-0.2, 0) is 0 Å². The number of benzene rings is 1. The minimum atomic E-state index is 0.00605. The molecule has 0 bridgehead atoms. The first-order valence-electron chi connectivity index (χ1n) is 4.89. The average Bonchev–Trinajstić information content (AvgIpc) is 2.31. The van der Waals surface area contributed by atoms with E-state index in [2.05, 4.69) is 10.3 Å². The summed E-state index contributed by atoms with van der Waals surface area (Å²) in [4.78, 5) is 4.16. The first-order valence-corrected chi connectivity index (χ1v) is 4.89. The number of pyridine rings is 1. The van der Waals surface area contributed by atoms with E-state index in [1.54, 1.807) is 18.3 Å². The lowest BCUT2D eigenvalue weighted by atomic mass is 10.2. The predicted molar refractivity (Wildman–Crippen MR) is 65.0 cm³/mol. The van der Waals surface area contributed by atoms with Gasteiger partial charge >= 0.3 is 0 Å². The average molecular weight is 212 g/mol. The second-order valence-electron chi connectivity index (χ2n) is 3.30. The van der Waals surface area contributed by atoms with Crippen molar-refractivity contribution in [2.45, 2.75) is 0 Å². The fraction of sp³-hybridized carbons (Fsp3) is 0. The third-order valence-corrected chi connectivity index (χ3v) is 2.13. The lowest BCUT2D eigenvalue weighted by Gasteiger charge is -2.09. The number of hydrogen-bond donors (Lipinski definition) is 3. The second-order valence-corrected chi connectivity index (χ2v) is 3.30. The number of hydrogen-bond acceptors (Lipinski definition) is 3. The van der Waals surface area contributed by atoms with E-state index in [-0.39, 0.29) is 5.84 Å². The zero-order chi connectivity index (χ0) is 11.4. The van der Waals surface area contributed by atoms with Crippen LogP contribution in [-0.4, -0.2) is 10.8 Å². The number of nitrogen functional groups attached to an aromatic ring is 1. The number of nitrogens with one attached hydrogen (secondary N) is 2. The van der Waals surface area contributed by atoms with E-state index in [0.717, 1.165) is 5.69 Å². The van der Waals surface area contributed by atoms with Gasteiger partial charge in [0.25, 0.3) is 0 Å². The number of rotatable bonds is 3. The number of para-hydroxylation sites is 1. The normalized spacial score (nSPS) is 9.75. The Morgan fingerprint density at radius 1 is 1.12 bits per heavy atom. The Hall–Kier alpha value is -2.36. The molecule has 0 saturated carbocycles. The predicted octanol–water partition coefficient (Wildman–Crippen LogP) is 2.11. The maximum atomic E-state index is 7.44. The van der Waals surface area contributed by atoms with E-state index in [4.69, 9.17) is 11.1 Å². The van der Waals surface area contributed by atoms with Crippen LogP contribution in [0.1, 0.15) is 5.56 Å². The van der Waals surface area contributed by atoms with Crippen LogP contribution >= 0.6 is 0 Å². The molecule has 80 valence electrons. The molecule has 4 N–H and O–H groups in total. The quantitative estimate of drug-likeness (QED) is 0.538. The smallest absolute Gasteiger partial charge is 0.141 e. The molecule has 0 aliphatic carbocycles. The molecule has 0 spiro atoms. The van der Waals surface area contributed by atoms with Gasteiger partial charge in [-0.1, -0.05) is 18.2 Å². The van der Waals surface area contributed by atoms with Gasteiger partial charge in [-0.2, -0.15) is 0 Å². The van der Waals surface area contributed by atoms with Crippen LogP contribution in [0.2, 0.25) is 0 Å². The van der Waals surface area contributed by atoms with Gasteiger partial charge < -0.3 is 11.1 Å². The zero-order valence-electron chi connectivity index (χ0n) is 8.64. The Morgan fingerprint density at radius 3 is 2.56 bits per heavy atom. The highest BCUT2D eigenvalue weighted by Gasteiger charge is 2.05. The molecule has 1 aromatic heterocycles. The Bertz CT molecular complexity index is 493. The standard InChI is InChI=1S/C12H12N4/c13-11(14)10-7-4-8-15-12(10)16-9-5-2-1-3-6-9/h1-8H,(H3,13,14)(H,15,16). The fourth-order valence-corrected chi connectivity index (χ4v) is 1.38. The van der Waals surface area contributed by atoms with Crippen molar-refractivity contribution >= 4 is 17.3 Å². The summed E-state index contributed by atoms with van der Waals surface area (Å²) in [7, 11) is 0. The summed E-state index contributed by atoms with van der Waals surface area (Å²) in [6, 6.07) is 13.2. The SMILES string of the molecule is N=C(N)c1cccnc1Nc1ccccc1. The van der Waals surface area contributed by atoms with E-state index in [1.165, 1.54) is 0 Å². The Balaban J connectivity index is 2.31. The summed E-state index contributed by atoms with van der Waals surface area (Å²) in [5.74, 6) is 0.604. The van der Waals surface area contributed by atoms with Crippen molar-refractivity contribution in [3.05, 3.63) is 54.2 Å². The van der Waals surface area contributed by atoms with E-state index in [0.29, 0.717) is 11.4 Å². The van der Waals surface area contributed by atoms with Crippen LogP contribution in [0.4, 0.5) is 11.5 Å². The maximum Gasteiger partial charge on any atom is 0.141 e. The van der Waals surface area contributed by atoms with Crippen molar-refractivity contribution in [2.75, 3.05) is 5.32 Å². The van der Waals surface area contributed by atoms with Gasteiger partial charge in [-0.15, -0.1) is 0 Å². The van der Waals surface area contributed by atoms with Crippen molar-refractivity contribution in [3.63, 3.8) is 0 Å². The topological polar surface area (TPSA) is 74.8 Å². The van der Waals surface area contributed by atoms with Crippen LogP contribution in [0, 0.1) is 5.41 Å². The molecule has 1 aromatic carbocycles. The number of aromatic nitrogens is 1. The van der Waals surface area contributed by atoms with E-state index < -0.39 is 0 Å². The molecule has 0 fully saturated rings. The molecule has 16 heavy (non-hydrogen) atoms. The van der Waals surface area contributed by atoms with Crippen LogP contribution in [0.15, 0.2) is 48.7 Å². The zero-order valence-corrected chi connectivity index (χ0v) is 8.64. The van der Waals surface area contributed by atoms with Gasteiger partial charge in [0.15, 0.2) is 0 Å². The van der Waals surface area contributed by atoms with Crippen LogP contribution in [0.3, 0.4) is 0 Å².